The van der Waals surface area contributed by atoms with Crippen LogP contribution in [-0.4, -0.2) is 45.7 Å². The Morgan fingerprint density at radius 1 is 1.53 bits per heavy atom. The molecule has 1 amide bonds. The molecule has 17 heavy (non-hydrogen) atoms. The molecular formula is C12H23NO4. The van der Waals surface area contributed by atoms with Crippen molar-refractivity contribution < 1.29 is 19.7 Å². The highest BCUT2D eigenvalue weighted by Crippen LogP contribution is 2.30. The fraction of sp³-hybridized carbons (Fsp3) is 0.917. The van der Waals surface area contributed by atoms with Crippen LogP contribution in [0.2, 0.25) is 0 Å². The number of carboxylic acid groups (broad SMARTS) is 1. The molecule has 2 N–H and O–H groups in total. The van der Waals surface area contributed by atoms with Crippen LogP contribution in [0.1, 0.15) is 40.5 Å². The Morgan fingerprint density at radius 3 is 2.59 bits per heavy atom. The number of nitrogens with zero attached hydrogens (tertiary/aromatic N) is 1. The maximum Gasteiger partial charge on any atom is 0.409 e. The Labute approximate surface area is 102 Å². The summed E-state index contributed by atoms with van der Waals surface area (Å²) in [5, 5.41) is 19.1. The van der Waals surface area contributed by atoms with Gasteiger partial charge in [-0.3, -0.25) is 4.90 Å². The van der Waals surface area contributed by atoms with Crippen LogP contribution in [0, 0.1) is 5.92 Å². The van der Waals surface area contributed by atoms with Crippen molar-refractivity contribution in [3.63, 3.8) is 0 Å². The summed E-state index contributed by atoms with van der Waals surface area (Å²) in [5.41, 5.74) is -0.798. The standard InChI is InChI=1S/C12H23NO4/c1-8(2)5-10(14)6-9-7-17-12(3,4)13(9)11(15)16/h8-10,14H,5-7H2,1-4H3,(H,15,16)/t9-,10-/m0/s1. The lowest BCUT2D eigenvalue weighted by molar-refractivity contribution is -0.0431. The number of aliphatic hydroxyl groups excluding tert-OH is 1. The average Bonchev–Trinajstić information content (AvgIpc) is 2.39. The molecule has 100 valence electrons. The lowest BCUT2D eigenvalue weighted by Gasteiger charge is -2.31. The second kappa shape index (κ2) is 5.23. The van der Waals surface area contributed by atoms with E-state index in [2.05, 4.69) is 0 Å². The molecule has 0 saturated carbocycles. The van der Waals surface area contributed by atoms with Crippen LogP contribution < -0.4 is 0 Å². The minimum atomic E-state index is -0.991. The van der Waals surface area contributed by atoms with Crippen LogP contribution in [0.3, 0.4) is 0 Å². The normalized spacial score (nSPS) is 25.3. The Bertz CT molecular complexity index is 278. The number of aliphatic hydroxyl groups is 1. The molecule has 0 aromatic rings. The van der Waals surface area contributed by atoms with Crippen molar-refractivity contribution in [3.05, 3.63) is 0 Å². The molecule has 1 heterocycles. The lowest BCUT2D eigenvalue weighted by Crippen LogP contribution is -2.48. The highest BCUT2D eigenvalue weighted by molar-refractivity contribution is 5.66. The first-order valence-corrected chi connectivity index (χ1v) is 6.08. The van der Waals surface area contributed by atoms with Crippen LogP contribution >= 0.6 is 0 Å². The van der Waals surface area contributed by atoms with Gasteiger partial charge in [-0.2, -0.15) is 0 Å². The largest absolute Gasteiger partial charge is 0.465 e. The minimum absolute atomic E-state index is 0.253. The van der Waals surface area contributed by atoms with Gasteiger partial charge in [0.25, 0.3) is 0 Å². The van der Waals surface area contributed by atoms with Crippen molar-refractivity contribution in [1.29, 1.82) is 0 Å². The monoisotopic (exact) mass is 245 g/mol. The third-order valence-corrected chi connectivity index (χ3v) is 3.07. The molecule has 1 saturated heterocycles. The third-order valence-electron chi connectivity index (χ3n) is 3.07. The van der Waals surface area contributed by atoms with E-state index >= 15 is 0 Å². The minimum Gasteiger partial charge on any atom is -0.465 e. The van der Waals surface area contributed by atoms with E-state index in [1.165, 1.54) is 4.90 Å². The van der Waals surface area contributed by atoms with Crippen LogP contribution in [0.15, 0.2) is 0 Å². The molecule has 5 nitrogen and oxygen atoms in total. The van der Waals surface area contributed by atoms with Gasteiger partial charge in [0.2, 0.25) is 0 Å². The van der Waals surface area contributed by atoms with Gasteiger partial charge in [0.1, 0.15) is 5.72 Å². The van der Waals surface area contributed by atoms with Crippen molar-refractivity contribution in [2.45, 2.75) is 58.4 Å². The highest BCUT2D eigenvalue weighted by atomic mass is 16.5. The van der Waals surface area contributed by atoms with Crippen molar-refractivity contribution in [1.82, 2.24) is 4.90 Å². The SMILES string of the molecule is CC(C)C[C@H](O)C[C@H]1COC(C)(C)N1C(=O)O. The maximum absolute atomic E-state index is 11.2. The topological polar surface area (TPSA) is 70.0 Å². The van der Waals surface area contributed by atoms with Gasteiger partial charge in [0.15, 0.2) is 0 Å². The molecule has 0 aliphatic carbocycles. The Hall–Kier alpha value is -0.810. The summed E-state index contributed by atoms with van der Waals surface area (Å²) < 4.78 is 5.47. The van der Waals surface area contributed by atoms with Gasteiger partial charge in [-0.15, -0.1) is 0 Å². The number of rotatable bonds is 4. The summed E-state index contributed by atoms with van der Waals surface area (Å²) in [6, 6.07) is -0.253. The van der Waals surface area contributed by atoms with Crippen molar-refractivity contribution in [3.8, 4) is 0 Å². The van der Waals surface area contributed by atoms with Crippen LogP contribution in [0.25, 0.3) is 0 Å². The first-order chi connectivity index (χ1) is 7.74. The molecule has 0 spiro atoms. The molecule has 0 unspecified atom stereocenters. The molecule has 1 aliphatic heterocycles. The van der Waals surface area contributed by atoms with Crippen LogP contribution in [0.5, 0.6) is 0 Å². The Morgan fingerprint density at radius 2 is 2.12 bits per heavy atom. The van der Waals surface area contributed by atoms with E-state index < -0.39 is 17.9 Å². The quantitative estimate of drug-likeness (QED) is 0.793. The smallest absolute Gasteiger partial charge is 0.409 e. The number of hydrogen-bond donors (Lipinski definition) is 2. The van der Waals surface area contributed by atoms with E-state index in [4.69, 9.17) is 4.74 Å². The predicted octanol–water partition coefficient (Wildman–Crippen LogP) is 1.90. The van der Waals surface area contributed by atoms with Gasteiger partial charge in [-0.05, 0) is 32.6 Å². The molecule has 0 radical (unpaired) electrons. The van der Waals surface area contributed by atoms with E-state index in [0.29, 0.717) is 25.4 Å². The van der Waals surface area contributed by atoms with Gasteiger partial charge in [-0.1, -0.05) is 13.8 Å². The second-order valence-electron chi connectivity index (χ2n) is 5.58. The van der Waals surface area contributed by atoms with E-state index in [-0.39, 0.29) is 6.04 Å². The number of amides is 1. The molecule has 1 rings (SSSR count). The van der Waals surface area contributed by atoms with Crippen molar-refractivity contribution in [2.75, 3.05) is 6.61 Å². The zero-order valence-corrected chi connectivity index (χ0v) is 11.0. The number of ether oxygens (including phenoxy) is 1. The fourth-order valence-corrected chi connectivity index (χ4v) is 2.40. The zero-order valence-electron chi connectivity index (χ0n) is 11.0. The third kappa shape index (κ3) is 3.57. The van der Waals surface area contributed by atoms with Crippen molar-refractivity contribution in [2.24, 2.45) is 5.92 Å². The second-order valence-corrected chi connectivity index (χ2v) is 5.58. The van der Waals surface area contributed by atoms with E-state index in [0.717, 1.165) is 0 Å². The summed E-state index contributed by atoms with van der Waals surface area (Å²) in [4.78, 5) is 12.5. The number of carbonyl (C=O) groups is 1. The summed E-state index contributed by atoms with van der Waals surface area (Å²) in [5.74, 6) is 0.401. The molecular weight excluding hydrogens is 222 g/mol. The van der Waals surface area contributed by atoms with E-state index in [1.807, 2.05) is 13.8 Å². The van der Waals surface area contributed by atoms with Crippen molar-refractivity contribution >= 4 is 6.09 Å². The molecule has 1 aliphatic rings. The van der Waals surface area contributed by atoms with E-state index in [9.17, 15) is 15.0 Å². The molecule has 0 bridgehead atoms. The molecule has 5 heteroatoms. The summed E-state index contributed by atoms with van der Waals surface area (Å²) in [6.07, 6.45) is -0.341. The number of hydrogen-bond acceptors (Lipinski definition) is 3. The highest BCUT2D eigenvalue weighted by Gasteiger charge is 2.44. The predicted molar refractivity (Wildman–Crippen MR) is 63.8 cm³/mol. The van der Waals surface area contributed by atoms with Gasteiger partial charge >= 0.3 is 6.09 Å². The van der Waals surface area contributed by atoms with E-state index in [1.54, 1.807) is 13.8 Å². The van der Waals surface area contributed by atoms with Gasteiger partial charge < -0.3 is 14.9 Å². The Kier molecular flexibility index (Phi) is 4.38. The summed E-state index contributed by atoms with van der Waals surface area (Å²) in [6.45, 7) is 7.89. The first kappa shape index (κ1) is 14.3. The van der Waals surface area contributed by atoms with Crippen LogP contribution in [-0.2, 0) is 4.74 Å². The molecule has 1 fully saturated rings. The lowest BCUT2D eigenvalue weighted by atomic mass is 9.99. The molecule has 0 aromatic heterocycles. The Balaban J connectivity index is 2.62. The average molecular weight is 245 g/mol. The fourth-order valence-electron chi connectivity index (χ4n) is 2.40. The summed E-state index contributed by atoms with van der Waals surface area (Å²) >= 11 is 0. The van der Waals surface area contributed by atoms with Crippen LogP contribution in [0.4, 0.5) is 4.79 Å². The summed E-state index contributed by atoms with van der Waals surface area (Å²) in [7, 11) is 0. The molecule has 0 aromatic carbocycles. The zero-order chi connectivity index (χ0) is 13.2. The van der Waals surface area contributed by atoms with Gasteiger partial charge in [0, 0.05) is 0 Å². The van der Waals surface area contributed by atoms with Gasteiger partial charge in [-0.25, -0.2) is 4.79 Å². The maximum atomic E-state index is 11.2. The van der Waals surface area contributed by atoms with Gasteiger partial charge in [0.05, 0.1) is 18.8 Å². The first-order valence-electron chi connectivity index (χ1n) is 6.08. The molecule has 2 atom stereocenters.